The van der Waals surface area contributed by atoms with Crippen LogP contribution >= 0.6 is 24.0 Å². The first-order valence-corrected chi connectivity index (χ1v) is 12.8. The summed E-state index contributed by atoms with van der Waals surface area (Å²) >= 11 is 6.89. The summed E-state index contributed by atoms with van der Waals surface area (Å²) < 4.78 is 8.51. The normalized spacial score (nSPS) is 14.9. The van der Waals surface area contributed by atoms with Gasteiger partial charge in [-0.2, -0.15) is 5.10 Å². The SMILES string of the molecule is O=C1/C(=C/c2cn(-c3ccccc3)nc2-c2cc3ccccc3o2)SC(=S)N1CCc1ccccc1. The molecule has 1 aliphatic rings. The number of rotatable bonds is 6. The molecule has 176 valence electrons. The Kier molecular flexibility index (Phi) is 6.01. The van der Waals surface area contributed by atoms with Gasteiger partial charge in [-0.05, 0) is 42.3 Å². The number of amides is 1. The summed E-state index contributed by atoms with van der Waals surface area (Å²) in [5, 5.41) is 5.84. The number of hydrogen-bond donors (Lipinski definition) is 0. The maximum atomic E-state index is 13.3. The number of hydrogen-bond acceptors (Lipinski definition) is 5. The van der Waals surface area contributed by atoms with Crippen LogP contribution in [0.1, 0.15) is 11.1 Å². The number of benzene rings is 3. The number of carbonyl (C=O) groups excluding carboxylic acids is 1. The zero-order valence-electron chi connectivity index (χ0n) is 19.2. The smallest absolute Gasteiger partial charge is 0.266 e. The van der Waals surface area contributed by atoms with E-state index in [9.17, 15) is 4.79 Å². The Hall–Kier alpha value is -3.94. The minimum Gasteiger partial charge on any atom is -0.454 e. The van der Waals surface area contributed by atoms with Crippen LogP contribution in [0.25, 0.3) is 34.2 Å². The van der Waals surface area contributed by atoms with Crippen LogP contribution in [0.15, 0.2) is 107 Å². The van der Waals surface area contributed by atoms with Gasteiger partial charge in [0.15, 0.2) is 5.76 Å². The summed E-state index contributed by atoms with van der Waals surface area (Å²) in [5.41, 5.74) is 4.35. The van der Waals surface area contributed by atoms with Crippen LogP contribution in [0.5, 0.6) is 0 Å². The predicted molar refractivity (Wildman–Crippen MR) is 149 cm³/mol. The van der Waals surface area contributed by atoms with Gasteiger partial charge in [-0.1, -0.05) is 90.7 Å². The lowest BCUT2D eigenvalue weighted by Crippen LogP contribution is -2.30. The molecule has 0 radical (unpaired) electrons. The summed E-state index contributed by atoms with van der Waals surface area (Å²) in [4.78, 5) is 15.6. The van der Waals surface area contributed by atoms with Gasteiger partial charge in [-0.15, -0.1) is 0 Å². The number of furan rings is 1. The molecule has 36 heavy (non-hydrogen) atoms. The third-order valence-electron chi connectivity index (χ3n) is 6.05. The lowest BCUT2D eigenvalue weighted by Gasteiger charge is -2.14. The molecule has 0 atom stereocenters. The van der Waals surface area contributed by atoms with E-state index in [0.717, 1.165) is 28.6 Å². The second-order valence-electron chi connectivity index (χ2n) is 8.43. The second-order valence-corrected chi connectivity index (χ2v) is 10.1. The van der Waals surface area contributed by atoms with E-state index in [1.807, 2.05) is 95.8 Å². The maximum Gasteiger partial charge on any atom is 0.266 e. The number of nitrogens with zero attached hydrogens (tertiary/aromatic N) is 3. The molecule has 2 aromatic heterocycles. The third kappa shape index (κ3) is 4.39. The van der Waals surface area contributed by atoms with E-state index >= 15 is 0 Å². The topological polar surface area (TPSA) is 51.3 Å². The van der Waals surface area contributed by atoms with Gasteiger partial charge in [0.2, 0.25) is 0 Å². The molecule has 0 spiro atoms. The molecule has 3 aromatic carbocycles. The number of aromatic nitrogens is 2. The average Bonchev–Trinajstić information content (AvgIpc) is 3.60. The van der Waals surface area contributed by atoms with Gasteiger partial charge in [0.25, 0.3) is 5.91 Å². The standard InChI is InChI=1S/C29H21N3O2S2/c33-28-26(36-29(35)31(28)16-15-20-9-3-1-4-10-20)18-22-19-32(23-12-5-2-6-13-23)30-27(22)25-17-21-11-7-8-14-24(21)34-25/h1-14,17-19H,15-16H2/b26-18-. The van der Waals surface area contributed by atoms with E-state index in [1.54, 1.807) is 4.90 Å². The highest BCUT2D eigenvalue weighted by molar-refractivity contribution is 8.26. The number of para-hydroxylation sites is 2. The molecule has 3 heterocycles. The van der Waals surface area contributed by atoms with E-state index in [1.165, 1.54) is 17.3 Å². The first-order chi connectivity index (χ1) is 17.7. The van der Waals surface area contributed by atoms with Crippen LogP contribution in [0.2, 0.25) is 0 Å². The van der Waals surface area contributed by atoms with Crippen molar-refractivity contribution in [2.45, 2.75) is 6.42 Å². The molecule has 6 rings (SSSR count). The van der Waals surface area contributed by atoms with Crippen molar-refractivity contribution in [2.24, 2.45) is 0 Å². The van der Waals surface area contributed by atoms with Crippen LogP contribution in [0.3, 0.4) is 0 Å². The van der Waals surface area contributed by atoms with Gasteiger partial charge in [0.05, 0.1) is 10.6 Å². The van der Waals surface area contributed by atoms with E-state index in [0.29, 0.717) is 27.2 Å². The molecule has 0 aliphatic carbocycles. The van der Waals surface area contributed by atoms with Crippen molar-refractivity contribution in [3.05, 3.63) is 113 Å². The quantitative estimate of drug-likeness (QED) is 0.188. The number of thiocarbonyl (C=S) groups is 1. The van der Waals surface area contributed by atoms with Crippen molar-refractivity contribution in [2.75, 3.05) is 6.54 Å². The fourth-order valence-electron chi connectivity index (χ4n) is 4.22. The van der Waals surface area contributed by atoms with Crippen LogP contribution in [0.4, 0.5) is 0 Å². The largest absolute Gasteiger partial charge is 0.454 e. The summed E-state index contributed by atoms with van der Waals surface area (Å²) in [6, 6.07) is 29.8. The van der Waals surface area contributed by atoms with Crippen molar-refractivity contribution in [3.8, 4) is 17.1 Å². The Morgan fingerprint density at radius 1 is 0.944 bits per heavy atom. The van der Waals surface area contributed by atoms with Crippen LogP contribution in [0, 0.1) is 0 Å². The van der Waals surface area contributed by atoms with Crippen molar-refractivity contribution < 1.29 is 9.21 Å². The number of fused-ring (bicyclic) bond motifs is 1. The Labute approximate surface area is 218 Å². The first-order valence-electron chi connectivity index (χ1n) is 11.6. The van der Waals surface area contributed by atoms with Crippen molar-refractivity contribution in [1.82, 2.24) is 14.7 Å². The molecule has 0 saturated carbocycles. The zero-order chi connectivity index (χ0) is 24.5. The summed E-state index contributed by atoms with van der Waals surface area (Å²) in [6.07, 6.45) is 4.54. The lowest BCUT2D eigenvalue weighted by atomic mass is 10.1. The molecule has 7 heteroatoms. The predicted octanol–water partition coefficient (Wildman–Crippen LogP) is 6.73. The van der Waals surface area contributed by atoms with Crippen molar-refractivity contribution in [1.29, 1.82) is 0 Å². The summed E-state index contributed by atoms with van der Waals surface area (Å²) in [5.74, 6) is 0.570. The lowest BCUT2D eigenvalue weighted by molar-refractivity contribution is -0.122. The van der Waals surface area contributed by atoms with Crippen molar-refractivity contribution in [3.63, 3.8) is 0 Å². The second kappa shape index (κ2) is 9.60. The molecule has 5 nitrogen and oxygen atoms in total. The monoisotopic (exact) mass is 507 g/mol. The molecule has 1 aliphatic heterocycles. The summed E-state index contributed by atoms with van der Waals surface area (Å²) in [7, 11) is 0. The minimum atomic E-state index is -0.0797. The van der Waals surface area contributed by atoms with Gasteiger partial charge in [0, 0.05) is 23.7 Å². The molecular weight excluding hydrogens is 486 g/mol. The molecule has 0 bridgehead atoms. The Balaban J connectivity index is 1.36. The fourth-order valence-corrected chi connectivity index (χ4v) is 5.52. The molecular formula is C29H21N3O2S2. The Bertz CT molecular complexity index is 1570. The Morgan fingerprint density at radius 2 is 1.67 bits per heavy atom. The van der Waals surface area contributed by atoms with Gasteiger partial charge < -0.3 is 4.42 Å². The highest BCUT2D eigenvalue weighted by atomic mass is 32.2. The van der Waals surface area contributed by atoms with Crippen molar-refractivity contribution >= 4 is 51.3 Å². The maximum absolute atomic E-state index is 13.3. The van der Waals surface area contributed by atoms with E-state index < -0.39 is 0 Å². The third-order valence-corrected chi connectivity index (χ3v) is 7.43. The number of thioether (sulfide) groups is 1. The number of carbonyl (C=O) groups is 1. The molecule has 0 N–H and O–H groups in total. The molecule has 1 amide bonds. The molecule has 1 saturated heterocycles. The molecule has 0 unspecified atom stereocenters. The van der Waals surface area contributed by atoms with Gasteiger partial charge in [-0.3, -0.25) is 9.69 Å². The average molecular weight is 508 g/mol. The van der Waals surface area contributed by atoms with E-state index in [4.69, 9.17) is 21.7 Å². The highest BCUT2D eigenvalue weighted by Gasteiger charge is 2.32. The van der Waals surface area contributed by atoms with Gasteiger partial charge in [0.1, 0.15) is 15.6 Å². The van der Waals surface area contributed by atoms with Crippen LogP contribution < -0.4 is 0 Å². The highest BCUT2D eigenvalue weighted by Crippen LogP contribution is 2.36. The van der Waals surface area contributed by atoms with Gasteiger partial charge >= 0.3 is 0 Å². The fraction of sp³-hybridized carbons (Fsp3) is 0.0690. The zero-order valence-corrected chi connectivity index (χ0v) is 20.8. The van der Waals surface area contributed by atoms with Crippen LogP contribution in [-0.2, 0) is 11.2 Å². The van der Waals surface area contributed by atoms with Crippen LogP contribution in [-0.4, -0.2) is 31.5 Å². The minimum absolute atomic E-state index is 0.0797. The molecule has 1 fully saturated rings. The summed E-state index contributed by atoms with van der Waals surface area (Å²) in [6.45, 7) is 0.547. The first kappa shape index (κ1) is 22.5. The van der Waals surface area contributed by atoms with Gasteiger partial charge in [-0.25, -0.2) is 4.68 Å². The molecule has 5 aromatic rings. The Morgan fingerprint density at radius 3 is 2.44 bits per heavy atom. The van der Waals surface area contributed by atoms with E-state index in [2.05, 4.69) is 12.1 Å². The van der Waals surface area contributed by atoms with E-state index in [-0.39, 0.29) is 5.91 Å².